The number of nitrogens with one attached hydrogen (secondary N) is 1. The van der Waals surface area contributed by atoms with Gasteiger partial charge in [-0.1, -0.05) is 72.8 Å². The summed E-state index contributed by atoms with van der Waals surface area (Å²) in [6.45, 7) is 0.202. The summed E-state index contributed by atoms with van der Waals surface area (Å²) in [6, 6.07) is 26.2. The molecule has 0 unspecified atom stereocenters. The fraction of sp³-hybridized carbons (Fsp3) is 0.167. The Hall–Kier alpha value is -4.20. The summed E-state index contributed by atoms with van der Waals surface area (Å²) in [5.74, 6) is -1.78. The Morgan fingerprint density at radius 3 is 1.89 bits per heavy atom. The molecule has 0 fully saturated rings. The molecule has 4 aromatic carbocycles. The van der Waals surface area contributed by atoms with Crippen molar-refractivity contribution in [3.8, 4) is 0 Å². The lowest BCUT2D eigenvalue weighted by atomic mass is 9.88. The van der Waals surface area contributed by atoms with Crippen LogP contribution in [0.2, 0.25) is 0 Å². The minimum absolute atomic E-state index is 0.0108. The van der Waals surface area contributed by atoms with E-state index < -0.39 is 29.4 Å². The van der Waals surface area contributed by atoms with Crippen molar-refractivity contribution in [2.24, 2.45) is 0 Å². The molecule has 4 aromatic rings. The van der Waals surface area contributed by atoms with Crippen LogP contribution < -0.4 is 5.32 Å². The number of alkyl halides is 3. The van der Waals surface area contributed by atoms with Gasteiger partial charge in [-0.15, -0.1) is 0 Å². The van der Waals surface area contributed by atoms with Crippen LogP contribution in [0.25, 0.3) is 0 Å². The second-order valence-electron chi connectivity index (χ2n) is 8.83. The van der Waals surface area contributed by atoms with E-state index in [9.17, 15) is 26.7 Å². The molecular formula is C30H25F5N2O. The average molecular weight is 525 g/mol. The molecular weight excluding hydrogens is 499 g/mol. The van der Waals surface area contributed by atoms with Crippen molar-refractivity contribution in [1.82, 2.24) is 4.90 Å². The van der Waals surface area contributed by atoms with Gasteiger partial charge in [0.15, 0.2) is 0 Å². The molecule has 0 aliphatic carbocycles. The predicted molar refractivity (Wildman–Crippen MR) is 137 cm³/mol. The number of amides is 2. The molecule has 4 rings (SSSR count). The minimum Gasteiger partial charge on any atom is -0.320 e. The van der Waals surface area contributed by atoms with Crippen molar-refractivity contribution in [2.45, 2.75) is 25.1 Å². The van der Waals surface area contributed by atoms with Gasteiger partial charge >= 0.3 is 12.2 Å². The van der Waals surface area contributed by atoms with Crippen molar-refractivity contribution in [3.05, 3.63) is 137 Å². The summed E-state index contributed by atoms with van der Waals surface area (Å²) in [7, 11) is 0. The molecule has 0 aromatic heterocycles. The highest BCUT2D eigenvalue weighted by atomic mass is 19.4. The highest BCUT2D eigenvalue weighted by molar-refractivity contribution is 5.89. The van der Waals surface area contributed by atoms with E-state index in [4.69, 9.17) is 0 Å². The van der Waals surface area contributed by atoms with Gasteiger partial charge in [-0.3, -0.25) is 0 Å². The van der Waals surface area contributed by atoms with Crippen LogP contribution in [-0.2, 0) is 12.7 Å². The molecule has 0 spiro atoms. The molecule has 0 aliphatic heterocycles. The number of anilines is 1. The monoisotopic (exact) mass is 524 g/mol. The van der Waals surface area contributed by atoms with Gasteiger partial charge in [-0.2, -0.15) is 13.2 Å². The molecule has 0 heterocycles. The number of hydrogen-bond acceptors (Lipinski definition) is 1. The van der Waals surface area contributed by atoms with Gasteiger partial charge in [-0.05, 0) is 47.4 Å². The molecule has 0 aliphatic rings. The highest BCUT2D eigenvalue weighted by Gasteiger charge is 2.30. The first-order chi connectivity index (χ1) is 18.2. The normalized spacial score (nSPS) is 11.4. The van der Waals surface area contributed by atoms with E-state index in [0.29, 0.717) is 18.1 Å². The van der Waals surface area contributed by atoms with Crippen molar-refractivity contribution in [2.75, 3.05) is 11.9 Å². The molecule has 1 N–H and O–H groups in total. The molecule has 0 bridgehead atoms. The molecule has 0 atom stereocenters. The molecule has 0 saturated carbocycles. The summed E-state index contributed by atoms with van der Waals surface area (Å²) in [5.41, 5.74) is 1.57. The lowest BCUT2D eigenvalue weighted by molar-refractivity contribution is -0.137. The van der Waals surface area contributed by atoms with Crippen molar-refractivity contribution < 1.29 is 26.7 Å². The van der Waals surface area contributed by atoms with E-state index >= 15 is 0 Å². The van der Waals surface area contributed by atoms with Crippen LogP contribution in [0.4, 0.5) is 32.4 Å². The summed E-state index contributed by atoms with van der Waals surface area (Å²) >= 11 is 0. The highest BCUT2D eigenvalue weighted by Crippen LogP contribution is 2.30. The third-order valence-electron chi connectivity index (χ3n) is 6.21. The summed E-state index contributed by atoms with van der Waals surface area (Å²) in [6.07, 6.45) is -3.98. The molecule has 0 saturated heterocycles. The van der Waals surface area contributed by atoms with E-state index in [1.165, 1.54) is 17.0 Å². The van der Waals surface area contributed by atoms with Gasteiger partial charge in [0.2, 0.25) is 0 Å². The fourth-order valence-electron chi connectivity index (χ4n) is 4.24. The van der Waals surface area contributed by atoms with Gasteiger partial charge in [0, 0.05) is 25.1 Å². The lowest BCUT2D eigenvalue weighted by Crippen LogP contribution is -2.36. The van der Waals surface area contributed by atoms with Crippen LogP contribution in [0, 0.1) is 11.6 Å². The Bertz CT molecular complexity index is 1300. The Morgan fingerprint density at radius 2 is 1.37 bits per heavy atom. The SMILES string of the molecule is O=C(Nc1ccc(F)cc1F)N(CCC(c1ccccc1)c1ccccc1)Cc1ccc(C(F)(F)F)cc1. The van der Waals surface area contributed by atoms with Crippen LogP contribution in [0.1, 0.15) is 34.6 Å². The second-order valence-corrected chi connectivity index (χ2v) is 8.83. The first-order valence-corrected chi connectivity index (χ1v) is 12.0. The maximum Gasteiger partial charge on any atom is 0.416 e. The van der Waals surface area contributed by atoms with Crippen molar-refractivity contribution in [3.63, 3.8) is 0 Å². The van der Waals surface area contributed by atoms with Crippen LogP contribution in [0.3, 0.4) is 0 Å². The maximum absolute atomic E-state index is 14.2. The summed E-state index contributed by atoms with van der Waals surface area (Å²) < 4.78 is 66.6. The van der Waals surface area contributed by atoms with Crippen molar-refractivity contribution >= 4 is 11.7 Å². The number of hydrogen-bond donors (Lipinski definition) is 1. The predicted octanol–water partition coefficient (Wildman–Crippen LogP) is 8.24. The molecule has 0 radical (unpaired) electrons. The Balaban J connectivity index is 1.59. The van der Waals surface area contributed by atoms with Crippen LogP contribution in [0.15, 0.2) is 103 Å². The lowest BCUT2D eigenvalue weighted by Gasteiger charge is -2.27. The topological polar surface area (TPSA) is 32.3 Å². The van der Waals surface area contributed by atoms with E-state index in [0.717, 1.165) is 35.4 Å². The number of carbonyl (C=O) groups is 1. The molecule has 8 heteroatoms. The largest absolute Gasteiger partial charge is 0.416 e. The summed E-state index contributed by atoms with van der Waals surface area (Å²) in [4.78, 5) is 14.6. The second kappa shape index (κ2) is 11.9. The van der Waals surface area contributed by atoms with Crippen molar-refractivity contribution in [1.29, 1.82) is 0 Å². The maximum atomic E-state index is 14.2. The number of nitrogens with zero attached hydrogens (tertiary/aromatic N) is 1. The molecule has 2 amide bonds. The molecule has 196 valence electrons. The number of carbonyl (C=O) groups excluding carboxylic acids is 1. The Labute approximate surface area is 217 Å². The van der Waals surface area contributed by atoms with Crippen LogP contribution >= 0.6 is 0 Å². The van der Waals surface area contributed by atoms with E-state index in [1.807, 2.05) is 60.7 Å². The third kappa shape index (κ3) is 6.97. The van der Waals surface area contributed by atoms with E-state index in [1.54, 1.807) is 0 Å². The van der Waals surface area contributed by atoms with Gasteiger partial charge in [0.1, 0.15) is 11.6 Å². The third-order valence-corrected chi connectivity index (χ3v) is 6.21. The van der Waals surface area contributed by atoms with Gasteiger partial charge in [0.25, 0.3) is 0 Å². The minimum atomic E-state index is -4.48. The van der Waals surface area contributed by atoms with Crippen LogP contribution in [0.5, 0.6) is 0 Å². The van der Waals surface area contributed by atoms with Gasteiger partial charge in [-0.25, -0.2) is 13.6 Å². The van der Waals surface area contributed by atoms with Gasteiger partial charge < -0.3 is 10.2 Å². The zero-order chi connectivity index (χ0) is 27.1. The smallest absolute Gasteiger partial charge is 0.320 e. The van der Waals surface area contributed by atoms with E-state index in [-0.39, 0.29) is 24.7 Å². The average Bonchev–Trinajstić information content (AvgIpc) is 2.90. The first kappa shape index (κ1) is 26.9. The first-order valence-electron chi connectivity index (χ1n) is 12.0. The Morgan fingerprint density at radius 1 is 0.789 bits per heavy atom. The Kier molecular flexibility index (Phi) is 8.41. The quantitative estimate of drug-likeness (QED) is 0.231. The van der Waals surface area contributed by atoms with Gasteiger partial charge in [0.05, 0.1) is 11.3 Å². The number of halogens is 5. The van der Waals surface area contributed by atoms with Crippen LogP contribution in [-0.4, -0.2) is 17.5 Å². The number of urea groups is 1. The zero-order valence-electron chi connectivity index (χ0n) is 20.3. The molecule has 38 heavy (non-hydrogen) atoms. The molecule has 3 nitrogen and oxygen atoms in total. The number of benzene rings is 4. The summed E-state index contributed by atoms with van der Waals surface area (Å²) in [5, 5.41) is 2.46. The van der Waals surface area contributed by atoms with E-state index in [2.05, 4.69) is 5.32 Å². The zero-order valence-corrected chi connectivity index (χ0v) is 20.3. The number of rotatable bonds is 8. The fourth-order valence-corrected chi connectivity index (χ4v) is 4.24. The standard InChI is InChI=1S/C30H25F5N2O/c31-25-15-16-28(27(32)19-25)36-29(38)37(20-21-11-13-24(14-12-21)30(33,34)35)18-17-26(22-7-3-1-4-8-22)23-9-5-2-6-10-23/h1-16,19,26H,17-18,20H2,(H,36,38).